The summed E-state index contributed by atoms with van der Waals surface area (Å²) in [6.45, 7) is 0.952. The summed E-state index contributed by atoms with van der Waals surface area (Å²) in [6.07, 6.45) is 0. The number of fused-ring (bicyclic) bond motifs is 1. The van der Waals surface area contributed by atoms with Gasteiger partial charge in [-0.3, -0.25) is 9.36 Å². The second-order valence-corrected chi connectivity index (χ2v) is 8.62. The second-order valence-electron chi connectivity index (χ2n) is 7.27. The first-order valence-corrected chi connectivity index (χ1v) is 11.7. The van der Waals surface area contributed by atoms with Gasteiger partial charge in [-0.2, -0.15) is 0 Å². The van der Waals surface area contributed by atoms with Crippen molar-refractivity contribution in [3.8, 4) is 28.6 Å². The number of carbonyl (C=O) groups is 1. The summed E-state index contributed by atoms with van der Waals surface area (Å²) in [5.41, 5.74) is 1.45. The van der Waals surface area contributed by atoms with Crippen LogP contribution in [-0.2, 0) is 4.79 Å². The molecule has 0 unspecified atom stereocenters. The van der Waals surface area contributed by atoms with E-state index < -0.39 is 5.82 Å². The van der Waals surface area contributed by atoms with E-state index in [2.05, 4.69) is 15.5 Å². The number of carbonyl (C=O) groups excluding carboxylic acids is 1. The maximum atomic E-state index is 14.7. The van der Waals surface area contributed by atoms with E-state index in [9.17, 15) is 9.18 Å². The molecule has 5 rings (SSSR count). The summed E-state index contributed by atoms with van der Waals surface area (Å²) in [5, 5.41) is 12.1. The molecule has 0 aliphatic carbocycles. The monoisotopic (exact) mass is 496 g/mol. The second kappa shape index (κ2) is 9.74. The standard InChI is InChI=1S/C24H18ClFN4O3S/c25-17-6-2-1-5-16(17)23-28-29-24(30(23)19-8-4-3-7-18(19)26)34-14-22(31)27-15-9-10-20-21(13-15)33-12-11-32-20/h1-10,13H,11-12,14H2,(H,27,31). The van der Waals surface area contributed by atoms with Crippen LogP contribution in [0, 0.1) is 5.82 Å². The molecule has 0 radical (unpaired) electrons. The summed E-state index contributed by atoms with van der Waals surface area (Å²) < 4.78 is 27.4. The van der Waals surface area contributed by atoms with E-state index in [4.69, 9.17) is 21.1 Å². The van der Waals surface area contributed by atoms with Crippen molar-refractivity contribution in [2.75, 3.05) is 24.3 Å². The summed E-state index contributed by atoms with van der Waals surface area (Å²) in [5.74, 6) is 0.931. The predicted octanol–water partition coefficient (Wildman–Crippen LogP) is 5.23. The highest BCUT2D eigenvalue weighted by Gasteiger charge is 2.21. The maximum absolute atomic E-state index is 14.7. The Labute approximate surface area is 203 Å². The van der Waals surface area contributed by atoms with Gasteiger partial charge in [0.25, 0.3) is 0 Å². The Kier molecular flexibility index (Phi) is 6.37. The van der Waals surface area contributed by atoms with Crippen molar-refractivity contribution in [1.29, 1.82) is 0 Å². The molecule has 0 saturated heterocycles. The molecule has 0 fully saturated rings. The number of nitrogens with zero attached hydrogens (tertiary/aromatic N) is 3. The summed E-state index contributed by atoms with van der Waals surface area (Å²) in [6, 6.07) is 18.6. The number of hydrogen-bond acceptors (Lipinski definition) is 6. The van der Waals surface area contributed by atoms with Crippen LogP contribution in [0.3, 0.4) is 0 Å². The van der Waals surface area contributed by atoms with Crippen LogP contribution in [0.15, 0.2) is 71.9 Å². The van der Waals surface area contributed by atoms with Crippen molar-refractivity contribution in [2.45, 2.75) is 5.16 Å². The zero-order valence-electron chi connectivity index (χ0n) is 17.7. The minimum Gasteiger partial charge on any atom is -0.486 e. The first kappa shape index (κ1) is 22.2. The van der Waals surface area contributed by atoms with Gasteiger partial charge in [-0.05, 0) is 36.4 Å². The normalized spacial score (nSPS) is 12.4. The molecule has 3 aromatic carbocycles. The highest BCUT2D eigenvalue weighted by Crippen LogP contribution is 2.34. The minimum absolute atomic E-state index is 0.0313. The predicted molar refractivity (Wildman–Crippen MR) is 129 cm³/mol. The Bertz CT molecular complexity index is 1360. The Morgan fingerprint density at radius 1 is 1.03 bits per heavy atom. The third kappa shape index (κ3) is 4.57. The molecule has 2 heterocycles. The molecular weight excluding hydrogens is 479 g/mol. The topological polar surface area (TPSA) is 78.3 Å². The lowest BCUT2D eigenvalue weighted by Crippen LogP contribution is -2.17. The average Bonchev–Trinajstić information content (AvgIpc) is 3.26. The lowest BCUT2D eigenvalue weighted by atomic mass is 10.2. The molecule has 7 nitrogen and oxygen atoms in total. The van der Waals surface area contributed by atoms with Crippen LogP contribution in [-0.4, -0.2) is 39.6 Å². The third-order valence-electron chi connectivity index (χ3n) is 5.00. The van der Waals surface area contributed by atoms with Crippen molar-refractivity contribution in [1.82, 2.24) is 14.8 Å². The molecule has 0 bridgehead atoms. The number of hydrogen-bond donors (Lipinski definition) is 1. The lowest BCUT2D eigenvalue weighted by molar-refractivity contribution is -0.113. The first-order valence-electron chi connectivity index (χ1n) is 10.4. The molecule has 1 aliphatic rings. The van der Waals surface area contributed by atoms with E-state index in [0.717, 1.165) is 11.8 Å². The fourth-order valence-electron chi connectivity index (χ4n) is 3.48. The number of amides is 1. The van der Waals surface area contributed by atoms with Crippen molar-refractivity contribution < 1.29 is 18.7 Å². The summed E-state index contributed by atoms with van der Waals surface area (Å²) in [7, 11) is 0. The van der Waals surface area contributed by atoms with Crippen LogP contribution >= 0.6 is 23.4 Å². The molecule has 0 spiro atoms. The Morgan fingerprint density at radius 2 is 1.79 bits per heavy atom. The van der Waals surface area contributed by atoms with Crippen molar-refractivity contribution in [3.05, 3.63) is 77.6 Å². The van der Waals surface area contributed by atoms with Crippen molar-refractivity contribution >= 4 is 35.0 Å². The average molecular weight is 497 g/mol. The number of anilines is 1. The molecule has 1 aliphatic heterocycles. The van der Waals surface area contributed by atoms with E-state index in [0.29, 0.717) is 52.0 Å². The van der Waals surface area contributed by atoms with Gasteiger partial charge in [-0.1, -0.05) is 47.6 Å². The highest BCUT2D eigenvalue weighted by atomic mass is 35.5. The maximum Gasteiger partial charge on any atom is 0.234 e. The number of ether oxygens (including phenoxy) is 2. The molecule has 1 aromatic heterocycles. The molecule has 34 heavy (non-hydrogen) atoms. The van der Waals surface area contributed by atoms with Crippen LogP contribution in [0.4, 0.5) is 10.1 Å². The number of benzene rings is 3. The van der Waals surface area contributed by atoms with E-state index in [1.807, 2.05) is 6.07 Å². The van der Waals surface area contributed by atoms with E-state index >= 15 is 0 Å². The van der Waals surface area contributed by atoms with Crippen molar-refractivity contribution in [3.63, 3.8) is 0 Å². The van der Waals surface area contributed by atoms with Gasteiger partial charge in [0.2, 0.25) is 5.91 Å². The zero-order chi connectivity index (χ0) is 23.5. The number of halogens is 2. The number of thioether (sulfide) groups is 1. The number of aromatic nitrogens is 3. The van der Waals surface area contributed by atoms with Gasteiger partial charge in [0.15, 0.2) is 22.5 Å². The fraction of sp³-hybridized carbons (Fsp3) is 0.125. The number of nitrogens with one attached hydrogen (secondary N) is 1. The Balaban J connectivity index is 1.39. The van der Waals surface area contributed by atoms with Gasteiger partial charge in [0.05, 0.1) is 16.5 Å². The number of para-hydroxylation sites is 1. The summed E-state index contributed by atoms with van der Waals surface area (Å²) >= 11 is 7.51. The molecule has 10 heteroatoms. The molecular formula is C24H18ClFN4O3S. The Morgan fingerprint density at radius 3 is 2.62 bits per heavy atom. The fourth-order valence-corrected chi connectivity index (χ4v) is 4.44. The molecule has 1 amide bonds. The van der Waals surface area contributed by atoms with Gasteiger partial charge in [0.1, 0.15) is 19.0 Å². The minimum atomic E-state index is -0.446. The Hall–Kier alpha value is -3.56. The van der Waals surface area contributed by atoms with Crippen LogP contribution in [0.5, 0.6) is 11.5 Å². The molecule has 0 atom stereocenters. The number of rotatable bonds is 6. The molecule has 0 saturated carbocycles. The zero-order valence-corrected chi connectivity index (χ0v) is 19.3. The largest absolute Gasteiger partial charge is 0.486 e. The SMILES string of the molecule is O=C(CSc1nnc(-c2ccccc2Cl)n1-c1ccccc1F)Nc1ccc2c(c1)OCCO2. The van der Waals surface area contributed by atoms with Crippen LogP contribution in [0.2, 0.25) is 5.02 Å². The van der Waals surface area contributed by atoms with Crippen LogP contribution in [0.1, 0.15) is 0 Å². The first-order chi connectivity index (χ1) is 16.6. The van der Waals surface area contributed by atoms with Crippen LogP contribution in [0.25, 0.3) is 17.1 Å². The van der Waals surface area contributed by atoms with Crippen LogP contribution < -0.4 is 14.8 Å². The quantitative estimate of drug-likeness (QED) is 0.368. The van der Waals surface area contributed by atoms with Gasteiger partial charge in [-0.15, -0.1) is 10.2 Å². The third-order valence-corrected chi connectivity index (χ3v) is 6.26. The van der Waals surface area contributed by atoms with E-state index in [-0.39, 0.29) is 17.3 Å². The van der Waals surface area contributed by atoms with Gasteiger partial charge >= 0.3 is 0 Å². The van der Waals surface area contributed by atoms with Gasteiger partial charge in [-0.25, -0.2) is 4.39 Å². The summed E-state index contributed by atoms with van der Waals surface area (Å²) in [4.78, 5) is 12.6. The lowest BCUT2D eigenvalue weighted by Gasteiger charge is -2.19. The van der Waals surface area contributed by atoms with Gasteiger partial charge in [0, 0.05) is 17.3 Å². The molecule has 1 N–H and O–H groups in total. The smallest absolute Gasteiger partial charge is 0.234 e. The van der Waals surface area contributed by atoms with Crippen molar-refractivity contribution in [2.24, 2.45) is 0 Å². The molecule has 172 valence electrons. The van der Waals surface area contributed by atoms with Gasteiger partial charge < -0.3 is 14.8 Å². The van der Waals surface area contributed by atoms with E-state index in [1.165, 1.54) is 6.07 Å². The van der Waals surface area contributed by atoms with E-state index in [1.54, 1.807) is 59.2 Å². The molecule has 4 aromatic rings. The highest BCUT2D eigenvalue weighted by molar-refractivity contribution is 7.99.